The molecule has 144 valence electrons. The van der Waals surface area contributed by atoms with Gasteiger partial charge in [-0.05, 0) is 61.4 Å². The molecule has 1 amide bonds. The number of aromatic nitrogens is 2. The Morgan fingerprint density at radius 1 is 0.966 bits per heavy atom. The summed E-state index contributed by atoms with van der Waals surface area (Å²) >= 11 is 0. The van der Waals surface area contributed by atoms with Gasteiger partial charge in [-0.1, -0.05) is 24.3 Å². The van der Waals surface area contributed by atoms with Crippen LogP contribution in [0.5, 0.6) is 11.5 Å². The van der Waals surface area contributed by atoms with Gasteiger partial charge in [-0.2, -0.15) is 0 Å². The highest BCUT2D eigenvalue weighted by Crippen LogP contribution is 2.30. The van der Waals surface area contributed by atoms with Gasteiger partial charge in [-0.15, -0.1) is 0 Å². The zero-order valence-electron chi connectivity index (χ0n) is 15.9. The van der Waals surface area contributed by atoms with Gasteiger partial charge in [0.2, 0.25) is 0 Å². The molecule has 0 N–H and O–H groups in total. The predicted octanol–water partition coefficient (Wildman–Crippen LogP) is 4.93. The first-order valence-corrected chi connectivity index (χ1v) is 9.83. The molecule has 5 rings (SSSR count). The fourth-order valence-electron chi connectivity index (χ4n) is 3.49. The topological polar surface area (TPSA) is 46.8 Å². The molecule has 5 nitrogen and oxygen atoms in total. The molecule has 29 heavy (non-hydrogen) atoms. The van der Waals surface area contributed by atoms with Crippen LogP contribution in [-0.4, -0.2) is 26.2 Å². The lowest BCUT2D eigenvalue weighted by atomic mass is 10.2. The number of para-hydroxylation sites is 1. The molecular weight excluding hydrogens is 362 g/mol. The monoisotopic (exact) mass is 383 g/mol. The van der Waals surface area contributed by atoms with Gasteiger partial charge in [0.25, 0.3) is 5.91 Å². The van der Waals surface area contributed by atoms with Gasteiger partial charge in [0.15, 0.2) is 0 Å². The molecule has 0 spiro atoms. The second-order valence-corrected chi connectivity index (χ2v) is 7.28. The van der Waals surface area contributed by atoms with E-state index in [4.69, 9.17) is 4.74 Å². The second-order valence-electron chi connectivity index (χ2n) is 7.28. The zero-order chi connectivity index (χ0) is 19.6. The van der Waals surface area contributed by atoms with Gasteiger partial charge < -0.3 is 14.0 Å². The predicted molar refractivity (Wildman–Crippen MR) is 111 cm³/mol. The molecule has 2 aromatic carbocycles. The zero-order valence-corrected chi connectivity index (χ0v) is 15.9. The van der Waals surface area contributed by atoms with E-state index in [0.717, 1.165) is 29.9 Å². The lowest BCUT2D eigenvalue weighted by Crippen LogP contribution is -2.33. The Labute approximate surface area is 169 Å². The van der Waals surface area contributed by atoms with Crippen LogP contribution in [0.2, 0.25) is 0 Å². The molecule has 0 aliphatic heterocycles. The quantitative estimate of drug-likeness (QED) is 0.474. The molecular formula is C24H21N3O2. The third-order valence-electron chi connectivity index (χ3n) is 5.15. The Balaban J connectivity index is 1.34. The average Bonchev–Trinajstić information content (AvgIpc) is 3.53. The number of benzene rings is 2. The number of nitrogens with zero attached hydrogens (tertiary/aromatic N) is 3. The third-order valence-corrected chi connectivity index (χ3v) is 5.15. The number of amides is 1. The molecule has 1 aliphatic rings. The second kappa shape index (κ2) is 7.43. The molecule has 2 aromatic heterocycles. The molecule has 1 saturated carbocycles. The van der Waals surface area contributed by atoms with Crippen molar-refractivity contribution in [3.63, 3.8) is 0 Å². The summed E-state index contributed by atoms with van der Waals surface area (Å²) in [6.45, 7) is 0.553. The lowest BCUT2D eigenvalue weighted by Gasteiger charge is -2.22. The van der Waals surface area contributed by atoms with E-state index < -0.39 is 0 Å². The minimum absolute atomic E-state index is 0.0460. The van der Waals surface area contributed by atoms with Crippen LogP contribution < -0.4 is 4.74 Å². The van der Waals surface area contributed by atoms with Crippen molar-refractivity contribution in [2.24, 2.45) is 0 Å². The Morgan fingerprint density at radius 2 is 1.69 bits per heavy atom. The van der Waals surface area contributed by atoms with Crippen LogP contribution in [0.25, 0.3) is 5.65 Å². The van der Waals surface area contributed by atoms with E-state index in [-0.39, 0.29) is 5.91 Å². The smallest absolute Gasteiger partial charge is 0.254 e. The van der Waals surface area contributed by atoms with Crippen molar-refractivity contribution in [2.75, 3.05) is 0 Å². The maximum absolute atomic E-state index is 13.2. The van der Waals surface area contributed by atoms with E-state index in [1.807, 2.05) is 94.5 Å². The first-order valence-electron chi connectivity index (χ1n) is 9.83. The molecule has 0 unspecified atom stereocenters. The van der Waals surface area contributed by atoms with Crippen molar-refractivity contribution in [2.45, 2.75) is 25.4 Å². The molecule has 1 fully saturated rings. The fourth-order valence-corrected chi connectivity index (χ4v) is 3.49. The minimum atomic E-state index is 0.0460. The highest BCUT2D eigenvalue weighted by Gasteiger charge is 2.33. The number of hydrogen-bond donors (Lipinski definition) is 0. The molecule has 5 heteroatoms. The van der Waals surface area contributed by atoms with Crippen molar-refractivity contribution in [3.8, 4) is 11.5 Å². The largest absolute Gasteiger partial charge is 0.457 e. The van der Waals surface area contributed by atoms with Gasteiger partial charge in [-0.25, -0.2) is 4.98 Å². The van der Waals surface area contributed by atoms with Crippen molar-refractivity contribution >= 4 is 11.6 Å². The number of fused-ring (bicyclic) bond motifs is 1. The van der Waals surface area contributed by atoms with E-state index in [9.17, 15) is 4.79 Å². The first kappa shape index (κ1) is 17.5. The summed E-state index contributed by atoms with van der Waals surface area (Å²) in [5, 5.41) is 0. The molecule has 1 aliphatic carbocycles. The highest BCUT2D eigenvalue weighted by molar-refractivity contribution is 5.94. The Bertz CT molecular complexity index is 1130. The standard InChI is InChI=1S/C24H21N3O2/c28-24(18-9-13-22(14-10-18)29-21-6-2-1-3-7-21)27(19-11-12-19)17-20-16-25-23-8-4-5-15-26(20)23/h1-10,13-16,19H,11-12,17H2. The maximum Gasteiger partial charge on any atom is 0.254 e. The van der Waals surface area contributed by atoms with Crippen molar-refractivity contribution in [1.29, 1.82) is 0 Å². The number of rotatable bonds is 6. The number of imidazole rings is 1. The van der Waals surface area contributed by atoms with Crippen LogP contribution in [0.4, 0.5) is 0 Å². The summed E-state index contributed by atoms with van der Waals surface area (Å²) in [7, 11) is 0. The SMILES string of the molecule is O=C(c1ccc(Oc2ccccc2)cc1)N(Cc1cnc2ccccn12)C1CC1. The van der Waals surface area contributed by atoms with Crippen molar-refractivity contribution < 1.29 is 9.53 Å². The fraction of sp³-hybridized carbons (Fsp3) is 0.167. The van der Waals surface area contributed by atoms with Gasteiger partial charge >= 0.3 is 0 Å². The number of carbonyl (C=O) groups excluding carboxylic acids is 1. The highest BCUT2D eigenvalue weighted by atomic mass is 16.5. The molecule has 0 saturated heterocycles. The Kier molecular flexibility index (Phi) is 4.48. The number of carbonyl (C=O) groups is 1. The Morgan fingerprint density at radius 3 is 2.45 bits per heavy atom. The van der Waals surface area contributed by atoms with Crippen LogP contribution in [0.15, 0.2) is 85.2 Å². The summed E-state index contributed by atoms with van der Waals surface area (Å²) in [5.41, 5.74) is 2.59. The minimum Gasteiger partial charge on any atom is -0.457 e. The van der Waals surface area contributed by atoms with Crippen LogP contribution >= 0.6 is 0 Å². The van der Waals surface area contributed by atoms with E-state index in [1.165, 1.54) is 0 Å². The number of hydrogen-bond acceptors (Lipinski definition) is 3. The van der Waals surface area contributed by atoms with E-state index in [0.29, 0.717) is 23.9 Å². The summed E-state index contributed by atoms with van der Waals surface area (Å²) < 4.78 is 7.87. The molecule has 0 bridgehead atoms. The molecule has 4 aromatic rings. The van der Waals surface area contributed by atoms with Gasteiger partial charge in [0.05, 0.1) is 18.4 Å². The maximum atomic E-state index is 13.2. The van der Waals surface area contributed by atoms with Crippen LogP contribution in [-0.2, 0) is 6.54 Å². The molecule has 2 heterocycles. The molecule has 0 radical (unpaired) electrons. The first-order chi connectivity index (χ1) is 14.3. The summed E-state index contributed by atoms with van der Waals surface area (Å²) in [5.74, 6) is 1.54. The lowest BCUT2D eigenvalue weighted by molar-refractivity contribution is 0.0727. The third kappa shape index (κ3) is 3.72. The number of ether oxygens (including phenoxy) is 1. The molecule has 0 atom stereocenters. The van der Waals surface area contributed by atoms with Gasteiger partial charge in [0.1, 0.15) is 17.1 Å². The number of pyridine rings is 1. The van der Waals surface area contributed by atoms with Crippen LogP contribution in [0.1, 0.15) is 28.9 Å². The summed E-state index contributed by atoms with van der Waals surface area (Å²) in [6.07, 6.45) is 5.95. The van der Waals surface area contributed by atoms with Crippen molar-refractivity contribution in [3.05, 3.63) is 96.4 Å². The summed E-state index contributed by atoms with van der Waals surface area (Å²) in [4.78, 5) is 19.6. The van der Waals surface area contributed by atoms with Crippen molar-refractivity contribution in [1.82, 2.24) is 14.3 Å². The Hall–Kier alpha value is -3.60. The van der Waals surface area contributed by atoms with Gasteiger partial charge in [-0.3, -0.25) is 4.79 Å². The normalized spacial score (nSPS) is 13.4. The van der Waals surface area contributed by atoms with Gasteiger partial charge in [0, 0.05) is 17.8 Å². The van der Waals surface area contributed by atoms with Crippen LogP contribution in [0, 0.1) is 0 Å². The average molecular weight is 383 g/mol. The summed E-state index contributed by atoms with van der Waals surface area (Å²) in [6, 6.07) is 23.2. The van der Waals surface area contributed by atoms with E-state index >= 15 is 0 Å². The van der Waals surface area contributed by atoms with E-state index in [1.54, 1.807) is 0 Å². The van der Waals surface area contributed by atoms with E-state index in [2.05, 4.69) is 4.98 Å². The van der Waals surface area contributed by atoms with Crippen LogP contribution in [0.3, 0.4) is 0 Å².